The van der Waals surface area contributed by atoms with Gasteiger partial charge in [0.2, 0.25) is 0 Å². The Balaban J connectivity index is 0.00000147. The number of aromatic nitrogens is 4. The van der Waals surface area contributed by atoms with Gasteiger partial charge in [0.25, 0.3) is 0 Å². The van der Waals surface area contributed by atoms with Crippen molar-refractivity contribution >= 4 is 28.9 Å². The van der Waals surface area contributed by atoms with E-state index in [4.69, 9.17) is 5.73 Å². The van der Waals surface area contributed by atoms with Crippen LogP contribution in [-0.4, -0.2) is 38.0 Å². The van der Waals surface area contributed by atoms with E-state index in [1.807, 2.05) is 17.1 Å². The fourth-order valence-corrected chi connectivity index (χ4v) is 3.26. The van der Waals surface area contributed by atoms with Crippen LogP contribution in [0.25, 0.3) is 0 Å². The zero-order valence-corrected chi connectivity index (χ0v) is 12.8. The third kappa shape index (κ3) is 3.91. The fourth-order valence-electron chi connectivity index (χ4n) is 2.54. The molecule has 1 saturated heterocycles. The average Bonchev–Trinajstić information content (AvgIpc) is 3.04. The molecule has 8 heteroatoms. The molecular weight excluding hydrogens is 296 g/mol. The first-order valence-corrected chi connectivity index (χ1v) is 7.38. The van der Waals surface area contributed by atoms with Gasteiger partial charge in [0.05, 0.1) is 6.20 Å². The lowest BCUT2D eigenvalue weighted by Crippen LogP contribution is -2.34. The molecule has 0 unspecified atom stereocenters. The van der Waals surface area contributed by atoms with Crippen molar-refractivity contribution in [2.45, 2.75) is 25.9 Å². The molecule has 0 bridgehead atoms. The van der Waals surface area contributed by atoms with E-state index in [0.717, 1.165) is 26.2 Å². The van der Waals surface area contributed by atoms with E-state index >= 15 is 0 Å². The number of halogens is 1. The lowest BCUT2D eigenvalue weighted by molar-refractivity contribution is 0.165. The molecule has 1 fully saturated rings. The number of nitrogen functional groups attached to an aromatic ring is 1. The van der Waals surface area contributed by atoms with Gasteiger partial charge >= 0.3 is 0 Å². The number of hydrogen-bond donors (Lipinski definition) is 1. The minimum atomic E-state index is 0. The van der Waals surface area contributed by atoms with Gasteiger partial charge in [-0.3, -0.25) is 9.58 Å². The average molecular weight is 315 g/mol. The summed E-state index contributed by atoms with van der Waals surface area (Å²) in [4.78, 5) is 7.83. The highest BCUT2D eigenvalue weighted by atomic mass is 35.5. The summed E-state index contributed by atoms with van der Waals surface area (Å²) in [6, 6.07) is 0. The minimum Gasteiger partial charge on any atom is -0.375 e. The molecular formula is C12H19ClN6S. The molecule has 0 radical (unpaired) electrons. The number of rotatable bonds is 4. The number of thiazole rings is 1. The van der Waals surface area contributed by atoms with Crippen LogP contribution in [-0.2, 0) is 13.1 Å². The molecule has 0 saturated carbocycles. The maximum atomic E-state index is 5.65. The van der Waals surface area contributed by atoms with E-state index in [2.05, 4.69) is 20.2 Å². The van der Waals surface area contributed by atoms with Crippen LogP contribution < -0.4 is 5.73 Å². The van der Waals surface area contributed by atoms with Crippen LogP contribution in [0.3, 0.4) is 0 Å². The fraction of sp³-hybridized carbons (Fsp3) is 0.583. The number of hydrogen-bond acceptors (Lipinski definition) is 6. The Kier molecular flexibility index (Phi) is 5.33. The van der Waals surface area contributed by atoms with E-state index in [0.29, 0.717) is 11.0 Å². The molecule has 2 N–H and O–H groups in total. The Morgan fingerprint density at radius 3 is 2.75 bits per heavy atom. The van der Waals surface area contributed by atoms with E-state index < -0.39 is 0 Å². The van der Waals surface area contributed by atoms with Gasteiger partial charge in [-0.2, -0.15) is 0 Å². The van der Waals surface area contributed by atoms with Gasteiger partial charge in [0, 0.05) is 30.4 Å². The molecule has 1 aliphatic rings. The lowest BCUT2D eigenvalue weighted by atomic mass is 9.97. The van der Waals surface area contributed by atoms with Crippen molar-refractivity contribution in [1.82, 2.24) is 24.9 Å². The second-order valence-corrected chi connectivity index (χ2v) is 6.16. The second-order valence-electron chi connectivity index (χ2n) is 5.01. The number of nitrogens with two attached hydrogens (primary N) is 1. The van der Waals surface area contributed by atoms with Crippen LogP contribution in [0, 0.1) is 5.92 Å². The summed E-state index contributed by atoms with van der Waals surface area (Å²) >= 11 is 1.59. The summed E-state index contributed by atoms with van der Waals surface area (Å²) in [5, 5.41) is 8.54. The zero-order chi connectivity index (χ0) is 13.1. The first-order valence-electron chi connectivity index (χ1n) is 6.56. The Labute approximate surface area is 128 Å². The van der Waals surface area contributed by atoms with Crippen LogP contribution in [0.2, 0.25) is 0 Å². The Morgan fingerprint density at radius 2 is 2.15 bits per heavy atom. The van der Waals surface area contributed by atoms with Crippen LogP contribution in [0.15, 0.2) is 18.6 Å². The molecule has 20 heavy (non-hydrogen) atoms. The Bertz CT molecular complexity index is 506. The van der Waals surface area contributed by atoms with Crippen molar-refractivity contribution in [3.05, 3.63) is 23.5 Å². The summed E-state index contributed by atoms with van der Waals surface area (Å²) in [7, 11) is 0. The van der Waals surface area contributed by atoms with Crippen molar-refractivity contribution in [1.29, 1.82) is 0 Å². The van der Waals surface area contributed by atoms with Crippen molar-refractivity contribution in [3.63, 3.8) is 0 Å². The molecule has 3 heterocycles. The zero-order valence-electron chi connectivity index (χ0n) is 11.2. The number of nitrogens with zero attached hydrogens (tertiary/aromatic N) is 5. The molecule has 0 aliphatic carbocycles. The summed E-state index contributed by atoms with van der Waals surface area (Å²) in [5.74, 6) is 0.712. The van der Waals surface area contributed by atoms with Gasteiger partial charge < -0.3 is 5.73 Å². The van der Waals surface area contributed by atoms with Crippen LogP contribution in [0.5, 0.6) is 0 Å². The first-order chi connectivity index (χ1) is 9.29. The summed E-state index contributed by atoms with van der Waals surface area (Å²) in [6.07, 6.45) is 8.00. The minimum absolute atomic E-state index is 0. The van der Waals surface area contributed by atoms with Crippen molar-refractivity contribution in [2.75, 3.05) is 18.8 Å². The third-order valence-electron chi connectivity index (χ3n) is 3.58. The van der Waals surface area contributed by atoms with Crippen molar-refractivity contribution in [2.24, 2.45) is 5.92 Å². The van der Waals surface area contributed by atoms with Gasteiger partial charge in [-0.25, -0.2) is 4.98 Å². The van der Waals surface area contributed by atoms with Crippen molar-refractivity contribution in [3.8, 4) is 0 Å². The lowest BCUT2D eigenvalue weighted by Gasteiger charge is -2.31. The van der Waals surface area contributed by atoms with Crippen molar-refractivity contribution < 1.29 is 0 Å². The Hall–Kier alpha value is -1.18. The normalized spacial score (nSPS) is 17.0. The standard InChI is InChI=1S/C12H18N6S.ClH/c13-12-14-7-11(19-12)9-17-4-1-10(2-5-17)8-18-6-3-15-16-18;/h3,6-7,10H,1-2,4-5,8-9H2,(H2,13,14);1H. The largest absolute Gasteiger partial charge is 0.375 e. The summed E-state index contributed by atoms with van der Waals surface area (Å²) in [5.41, 5.74) is 5.65. The first kappa shape index (κ1) is 15.2. The van der Waals surface area contributed by atoms with Crippen LogP contribution >= 0.6 is 23.7 Å². The maximum absolute atomic E-state index is 5.65. The monoisotopic (exact) mass is 314 g/mol. The number of likely N-dealkylation sites (tertiary alicyclic amines) is 1. The molecule has 0 amide bonds. The van der Waals surface area contributed by atoms with Gasteiger partial charge in [0.15, 0.2) is 5.13 Å². The van der Waals surface area contributed by atoms with Crippen LogP contribution in [0.4, 0.5) is 5.13 Å². The van der Waals surface area contributed by atoms with E-state index in [-0.39, 0.29) is 12.4 Å². The third-order valence-corrected chi connectivity index (χ3v) is 4.39. The van der Waals surface area contributed by atoms with Gasteiger partial charge in [-0.05, 0) is 31.8 Å². The highest BCUT2D eigenvalue weighted by Crippen LogP contribution is 2.22. The Morgan fingerprint density at radius 1 is 1.35 bits per heavy atom. The molecule has 2 aromatic rings. The molecule has 6 nitrogen and oxygen atoms in total. The molecule has 3 rings (SSSR count). The van der Waals surface area contributed by atoms with Gasteiger partial charge in [0.1, 0.15) is 0 Å². The molecule has 2 aromatic heterocycles. The smallest absolute Gasteiger partial charge is 0.180 e. The molecule has 1 aliphatic heterocycles. The highest BCUT2D eigenvalue weighted by molar-refractivity contribution is 7.15. The maximum Gasteiger partial charge on any atom is 0.180 e. The van der Waals surface area contributed by atoms with E-state index in [9.17, 15) is 0 Å². The SMILES string of the molecule is Cl.Nc1ncc(CN2CCC(Cn3ccnn3)CC2)s1. The summed E-state index contributed by atoms with van der Waals surface area (Å²) < 4.78 is 1.93. The predicted octanol–water partition coefficient (Wildman–Crippen LogP) is 1.65. The molecule has 0 aromatic carbocycles. The molecule has 0 spiro atoms. The van der Waals surface area contributed by atoms with Gasteiger partial charge in [-0.15, -0.1) is 28.8 Å². The second kappa shape index (κ2) is 7.01. The quantitative estimate of drug-likeness (QED) is 0.929. The number of piperidine rings is 1. The predicted molar refractivity (Wildman–Crippen MR) is 81.8 cm³/mol. The number of anilines is 1. The highest BCUT2D eigenvalue weighted by Gasteiger charge is 2.20. The van der Waals surface area contributed by atoms with E-state index in [1.54, 1.807) is 17.5 Å². The molecule has 0 atom stereocenters. The topological polar surface area (TPSA) is 72.9 Å². The molecule has 110 valence electrons. The summed E-state index contributed by atoms with van der Waals surface area (Å²) in [6.45, 7) is 4.24. The van der Waals surface area contributed by atoms with Crippen LogP contribution in [0.1, 0.15) is 17.7 Å². The van der Waals surface area contributed by atoms with E-state index in [1.165, 1.54) is 17.7 Å². The van der Waals surface area contributed by atoms with Gasteiger partial charge in [-0.1, -0.05) is 5.21 Å².